The molecule has 3 aromatic carbocycles. The first-order valence-corrected chi connectivity index (χ1v) is 23.9. The fourth-order valence-electron chi connectivity index (χ4n) is 11.6. The summed E-state index contributed by atoms with van der Waals surface area (Å²) in [6.07, 6.45) is 34.6. The van der Waals surface area contributed by atoms with Gasteiger partial charge in [0.05, 0.1) is 11.8 Å². The summed E-state index contributed by atoms with van der Waals surface area (Å²) >= 11 is 0. The lowest BCUT2D eigenvalue weighted by Crippen LogP contribution is -2.44. The molecule has 3 aliphatic heterocycles. The molecular weight excluding hydrogens is 789 g/mol. The van der Waals surface area contributed by atoms with E-state index >= 15 is 0 Å². The van der Waals surface area contributed by atoms with Gasteiger partial charge in [-0.15, -0.1) is 6.58 Å². The maximum absolute atomic E-state index is 5.52. The Kier molecular flexibility index (Phi) is 12.7. The largest absolute Gasteiger partial charge is 0.351 e. The molecule has 0 bridgehead atoms. The van der Waals surface area contributed by atoms with Gasteiger partial charge in [0, 0.05) is 59.0 Å². The highest BCUT2D eigenvalue weighted by molar-refractivity contribution is 6.16. The van der Waals surface area contributed by atoms with Gasteiger partial charge >= 0.3 is 0 Å². The molecule has 3 aromatic rings. The molecule has 4 nitrogen and oxygen atoms in total. The van der Waals surface area contributed by atoms with Crippen LogP contribution in [0, 0.1) is 17.8 Å². The summed E-state index contributed by atoms with van der Waals surface area (Å²) < 4.78 is 0. The Labute approximate surface area is 389 Å². The van der Waals surface area contributed by atoms with E-state index in [-0.39, 0.29) is 29.6 Å². The molecule has 0 fully saturated rings. The van der Waals surface area contributed by atoms with Gasteiger partial charge in [0.2, 0.25) is 0 Å². The Morgan fingerprint density at radius 2 is 1.71 bits per heavy atom. The lowest BCUT2D eigenvalue weighted by molar-refractivity contribution is 0.209. The van der Waals surface area contributed by atoms with E-state index in [2.05, 4.69) is 215 Å². The van der Waals surface area contributed by atoms with Crippen molar-refractivity contribution in [3.8, 4) is 0 Å². The second-order valence-electron chi connectivity index (χ2n) is 19.1. The molecule has 2 unspecified atom stereocenters. The van der Waals surface area contributed by atoms with Crippen molar-refractivity contribution in [2.75, 3.05) is 23.3 Å². The summed E-state index contributed by atoms with van der Waals surface area (Å²) in [6.45, 7) is 28.5. The predicted octanol–water partition coefficient (Wildman–Crippen LogP) is 14.4. The van der Waals surface area contributed by atoms with Gasteiger partial charge in [-0.3, -0.25) is 4.90 Å². The predicted molar refractivity (Wildman–Crippen MR) is 277 cm³/mol. The second kappa shape index (κ2) is 18.7. The average Bonchev–Trinajstić information content (AvgIpc) is 3.77. The van der Waals surface area contributed by atoms with Crippen LogP contribution in [0.3, 0.4) is 0 Å². The first-order valence-electron chi connectivity index (χ1n) is 23.9. The van der Waals surface area contributed by atoms with E-state index in [9.17, 15) is 0 Å². The normalized spacial score (nSPS) is 28.3. The lowest BCUT2D eigenvalue weighted by Gasteiger charge is -2.36. The minimum atomic E-state index is -0.213. The van der Waals surface area contributed by atoms with Crippen LogP contribution < -0.4 is 10.2 Å². The van der Waals surface area contributed by atoms with Crippen molar-refractivity contribution < 1.29 is 0 Å². The van der Waals surface area contributed by atoms with Gasteiger partial charge in [0.1, 0.15) is 0 Å². The first kappa shape index (κ1) is 44.0. The molecule has 0 saturated heterocycles. The minimum Gasteiger partial charge on any atom is -0.351 e. The van der Waals surface area contributed by atoms with Crippen molar-refractivity contribution in [3.05, 3.63) is 239 Å². The SMILES string of the molecule is C=C/C=C\C1=C(/C)C(=C)C(=C)/C=C\CCCN([C@@H]2N=C(c3ccccc3)c3ccccc3N2)CC[C@@H]1C1=CC2C3=C(C=CCC3)N(c3ccc4c(c3)C(C)(C)[C@@H](/C=C\C)C4C=C)[C@@H]2C=C1. The summed E-state index contributed by atoms with van der Waals surface area (Å²) in [5.41, 5.74) is 17.2. The average molecular weight is 855 g/mol. The molecule has 4 heteroatoms. The minimum absolute atomic E-state index is 0.0128. The van der Waals surface area contributed by atoms with E-state index in [0.717, 1.165) is 78.9 Å². The zero-order chi connectivity index (χ0) is 45.2. The third-order valence-electron chi connectivity index (χ3n) is 15.0. The number of nitrogens with zero attached hydrogens (tertiary/aromatic N) is 3. The van der Waals surface area contributed by atoms with Crippen molar-refractivity contribution in [2.45, 2.75) is 83.5 Å². The Balaban J connectivity index is 1.11. The van der Waals surface area contributed by atoms with Crippen LogP contribution in [0.15, 0.2) is 222 Å². The third kappa shape index (κ3) is 8.23. The summed E-state index contributed by atoms with van der Waals surface area (Å²) in [5, 5.41) is 3.87. The summed E-state index contributed by atoms with van der Waals surface area (Å²) in [6, 6.07) is 26.7. The van der Waals surface area contributed by atoms with Gasteiger partial charge in [0.25, 0.3) is 0 Å². The van der Waals surface area contributed by atoms with Gasteiger partial charge in [-0.05, 0) is 126 Å². The van der Waals surface area contributed by atoms with Crippen molar-refractivity contribution in [2.24, 2.45) is 22.7 Å². The molecular formula is C61H66N4. The molecule has 65 heavy (non-hydrogen) atoms. The number of hydrogen-bond acceptors (Lipinski definition) is 4. The highest BCUT2D eigenvalue weighted by Crippen LogP contribution is 2.54. The van der Waals surface area contributed by atoms with Crippen LogP contribution in [0.2, 0.25) is 0 Å². The van der Waals surface area contributed by atoms with Crippen LogP contribution in [-0.2, 0) is 5.41 Å². The molecule has 3 aliphatic carbocycles. The number of allylic oxidation sites excluding steroid dienone is 16. The lowest BCUT2D eigenvalue weighted by atomic mass is 9.75. The second-order valence-corrected chi connectivity index (χ2v) is 19.1. The third-order valence-corrected chi connectivity index (χ3v) is 15.0. The number of hydrogen-bond donors (Lipinski definition) is 1. The van der Waals surface area contributed by atoms with E-state index < -0.39 is 0 Å². The fourth-order valence-corrected chi connectivity index (χ4v) is 11.6. The smallest absolute Gasteiger partial charge is 0.177 e. The van der Waals surface area contributed by atoms with Crippen LogP contribution in [0.4, 0.5) is 11.4 Å². The monoisotopic (exact) mass is 855 g/mol. The molecule has 0 amide bonds. The van der Waals surface area contributed by atoms with E-state index in [1.54, 1.807) is 5.57 Å². The number of nitrogens with one attached hydrogen (secondary N) is 1. The highest BCUT2D eigenvalue weighted by atomic mass is 15.4. The van der Waals surface area contributed by atoms with E-state index in [1.165, 1.54) is 39.2 Å². The standard InChI is InChI=1S/C61H66N4/c1-9-12-27-48-43(6)42(5)41(4)24-15-14-22-37-64(60-62-56-30-20-18-29-52(56)59(63-60)44-25-16-13-17-26-44)38-36-49(48)45-32-35-58-53(39-45)51-28-19-21-31-57(51)65(58)46-33-34-50-47(11-3)54(23-10-2)61(7,8)55(50)40-46/h9-13,15-18,20-21,23-27,29-35,39-40,47,49,53-54,58,60,62H,1,3-5,14,19,22,28,36-38H2,2,6-8H3/b23-10-,24-15-,27-12-,48-43-/t47?,49-,53?,54+,58-,60+/m1/s1. The van der Waals surface area contributed by atoms with Crippen LogP contribution >= 0.6 is 0 Å². The van der Waals surface area contributed by atoms with Crippen molar-refractivity contribution in [3.63, 3.8) is 0 Å². The first-order chi connectivity index (χ1) is 31.6. The molecule has 0 spiro atoms. The molecule has 6 aliphatic rings. The topological polar surface area (TPSA) is 30.9 Å². The summed E-state index contributed by atoms with van der Waals surface area (Å²) in [7, 11) is 0. The van der Waals surface area contributed by atoms with Gasteiger partial charge in [-0.2, -0.15) is 0 Å². The van der Waals surface area contributed by atoms with Crippen molar-refractivity contribution in [1.29, 1.82) is 0 Å². The summed E-state index contributed by atoms with van der Waals surface area (Å²) in [5.74, 6) is 1.03. The molecule has 9 rings (SSSR count). The fraction of sp³-hybridized carbons (Fsp3) is 0.295. The molecule has 3 heterocycles. The zero-order valence-electron chi connectivity index (χ0n) is 39.0. The number of rotatable bonds is 8. The Bertz CT molecular complexity index is 2670. The van der Waals surface area contributed by atoms with E-state index in [0.29, 0.717) is 11.8 Å². The zero-order valence-corrected chi connectivity index (χ0v) is 39.0. The molecule has 0 radical (unpaired) electrons. The molecule has 1 N–H and O–H groups in total. The van der Waals surface area contributed by atoms with Crippen LogP contribution in [0.1, 0.15) is 88.0 Å². The number of fused-ring (bicyclic) bond motifs is 4. The van der Waals surface area contributed by atoms with E-state index in [4.69, 9.17) is 4.99 Å². The summed E-state index contributed by atoms with van der Waals surface area (Å²) in [4.78, 5) is 10.7. The highest BCUT2D eigenvalue weighted by Gasteiger charge is 2.46. The van der Waals surface area contributed by atoms with Gasteiger partial charge < -0.3 is 10.2 Å². The van der Waals surface area contributed by atoms with Crippen LogP contribution in [0.5, 0.6) is 0 Å². The molecule has 0 saturated carbocycles. The maximum atomic E-state index is 5.52. The van der Waals surface area contributed by atoms with Gasteiger partial charge in [-0.1, -0.05) is 161 Å². The molecule has 6 atom stereocenters. The van der Waals surface area contributed by atoms with E-state index in [1.807, 2.05) is 6.08 Å². The maximum Gasteiger partial charge on any atom is 0.177 e. The Morgan fingerprint density at radius 3 is 2.51 bits per heavy atom. The van der Waals surface area contributed by atoms with Crippen LogP contribution in [0.25, 0.3) is 0 Å². The number of benzene rings is 3. The van der Waals surface area contributed by atoms with Crippen LogP contribution in [-0.4, -0.2) is 36.0 Å². The number of para-hydroxylation sites is 1. The molecule has 0 aromatic heterocycles. The van der Waals surface area contributed by atoms with Crippen molar-refractivity contribution in [1.82, 2.24) is 4.90 Å². The molecule has 330 valence electrons. The van der Waals surface area contributed by atoms with Gasteiger partial charge in [0.15, 0.2) is 6.29 Å². The number of anilines is 2. The van der Waals surface area contributed by atoms with Gasteiger partial charge in [-0.25, -0.2) is 4.99 Å². The quantitative estimate of drug-likeness (QED) is 0.181. The van der Waals surface area contributed by atoms with Crippen molar-refractivity contribution >= 4 is 17.1 Å². The number of aliphatic imine (C=N–C) groups is 1. The Hall–Kier alpha value is -6.23. The Morgan fingerprint density at radius 1 is 0.908 bits per heavy atom.